The van der Waals surface area contributed by atoms with Crippen LogP contribution in [0.5, 0.6) is 0 Å². The van der Waals surface area contributed by atoms with Gasteiger partial charge in [-0.3, -0.25) is 4.79 Å². The molecule has 0 unspecified atom stereocenters. The normalized spacial score (nSPS) is 15.2. The van der Waals surface area contributed by atoms with Gasteiger partial charge in [-0.05, 0) is 37.1 Å². The number of benzene rings is 1. The smallest absolute Gasteiger partial charge is 0.305 e. The molecule has 0 amide bonds. The molecule has 0 aliphatic heterocycles. The fourth-order valence-corrected chi connectivity index (χ4v) is 3.05. The van der Waals surface area contributed by atoms with Crippen LogP contribution in [0.15, 0.2) is 29.2 Å². The van der Waals surface area contributed by atoms with Crippen LogP contribution in [-0.4, -0.2) is 50.5 Å². The third-order valence-corrected chi connectivity index (χ3v) is 5.33. The first-order chi connectivity index (χ1) is 9.82. The van der Waals surface area contributed by atoms with Crippen LogP contribution in [0, 0.1) is 0 Å². The zero-order valence-electron chi connectivity index (χ0n) is 12.2. The first-order valence-electron chi connectivity index (χ1n) is 6.83. The molecule has 1 saturated carbocycles. The van der Waals surface area contributed by atoms with Crippen LogP contribution in [0.1, 0.15) is 19.3 Å². The monoisotopic (exact) mass is 312 g/mol. The summed E-state index contributed by atoms with van der Waals surface area (Å²) in [5.41, 5.74) is 0.872. The lowest BCUT2D eigenvalue weighted by Gasteiger charge is -2.24. The predicted octanol–water partition coefficient (Wildman–Crippen LogP) is 1.38. The summed E-state index contributed by atoms with van der Waals surface area (Å²) in [4.78, 5) is 13.0. The first kappa shape index (κ1) is 15.8. The number of hydrogen-bond donors (Lipinski definition) is 1. The van der Waals surface area contributed by atoms with E-state index in [0.29, 0.717) is 12.6 Å². The van der Waals surface area contributed by atoms with Gasteiger partial charge in [0, 0.05) is 32.4 Å². The van der Waals surface area contributed by atoms with E-state index in [0.717, 1.165) is 18.5 Å². The van der Waals surface area contributed by atoms with E-state index in [4.69, 9.17) is 5.11 Å². The molecule has 1 aromatic carbocycles. The van der Waals surface area contributed by atoms with E-state index in [1.165, 1.54) is 18.4 Å². The van der Waals surface area contributed by atoms with Gasteiger partial charge < -0.3 is 10.0 Å². The van der Waals surface area contributed by atoms with Gasteiger partial charge in [0.05, 0.1) is 11.3 Å². The molecule has 6 nitrogen and oxygen atoms in total. The highest BCUT2D eigenvalue weighted by molar-refractivity contribution is 7.89. The Balaban J connectivity index is 2.18. The van der Waals surface area contributed by atoms with E-state index in [1.807, 2.05) is 4.90 Å². The predicted molar refractivity (Wildman–Crippen MR) is 79.9 cm³/mol. The van der Waals surface area contributed by atoms with Crippen molar-refractivity contribution in [1.82, 2.24) is 4.31 Å². The first-order valence-corrected chi connectivity index (χ1v) is 8.27. The molecule has 1 N–H and O–H groups in total. The number of anilines is 1. The molecule has 0 saturated heterocycles. The number of hydrogen-bond acceptors (Lipinski definition) is 4. The van der Waals surface area contributed by atoms with Gasteiger partial charge in [0.25, 0.3) is 0 Å². The van der Waals surface area contributed by atoms with Crippen molar-refractivity contribution in [3.63, 3.8) is 0 Å². The Labute approximate surface area is 125 Å². The molecule has 0 atom stereocenters. The minimum Gasteiger partial charge on any atom is -0.481 e. The van der Waals surface area contributed by atoms with Crippen LogP contribution < -0.4 is 4.90 Å². The summed E-state index contributed by atoms with van der Waals surface area (Å²) in [6, 6.07) is 7.01. The van der Waals surface area contributed by atoms with Crippen LogP contribution in [0.3, 0.4) is 0 Å². The van der Waals surface area contributed by atoms with Gasteiger partial charge in [-0.2, -0.15) is 0 Å². The third-order valence-electron chi connectivity index (χ3n) is 3.50. The summed E-state index contributed by atoms with van der Waals surface area (Å²) in [7, 11) is -0.444. The van der Waals surface area contributed by atoms with Crippen LogP contribution in [0.25, 0.3) is 0 Å². The van der Waals surface area contributed by atoms with Crippen LogP contribution in [0.4, 0.5) is 5.69 Å². The topological polar surface area (TPSA) is 77.9 Å². The Morgan fingerprint density at radius 2 is 1.81 bits per heavy atom. The molecular formula is C14H20N2O4S. The molecule has 1 aliphatic rings. The summed E-state index contributed by atoms with van der Waals surface area (Å²) in [5.74, 6) is -0.826. The van der Waals surface area contributed by atoms with Crippen molar-refractivity contribution in [2.75, 3.05) is 25.5 Å². The maximum Gasteiger partial charge on any atom is 0.305 e. The maximum absolute atomic E-state index is 12.0. The fourth-order valence-electron chi connectivity index (χ4n) is 2.15. The van der Waals surface area contributed by atoms with E-state index in [2.05, 4.69) is 0 Å². The van der Waals surface area contributed by atoms with Crippen molar-refractivity contribution in [2.45, 2.75) is 30.2 Å². The molecule has 1 aliphatic carbocycles. The Morgan fingerprint density at radius 3 is 2.24 bits per heavy atom. The van der Waals surface area contributed by atoms with Gasteiger partial charge in [-0.25, -0.2) is 12.7 Å². The van der Waals surface area contributed by atoms with Crippen molar-refractivity contribution in [2.24, 2.45) is 0 Å². The average molecular weight is 312 g/mol. The summed E-state index contributed by atoms with van der Waals surface area (Å²) in [6.45, 7) is 0.444. The molecule has 2 rings (SSSR count). The van der Waals surface area contributed by atoms with E-state index < -0.39 is 16.0 Å². The molecule has 7 heteroatoms. The molecular weight excluding hydrogens is 292 g/mol. The van der Waals surface area contributed by atoms with Crippen LogP contribution in [-0.2, 0) is 14.8 Å². The molecule has 0 spiro atoms. The van der Waals surface area contributed by atoms with Gasteiger partial charge in [-0.1, -0.05) is 0 Å². The SMILES string of the molecule is CN(C)S(=O)(=O)c1ccc(N(CCC(=O)O)C2CC2)cc1. The number of rotatable bonds is 7. The summed E-state index contributed by atoms with van der Waals surface area (Å²) in [6.07, 6.45) is 2.18. The number of carboxylic acid groups (broad SMARTS) is 1. The lowest BCUT2D eigenvalue weighted by Crippen LogP contribution is -2.28. The van der Waals surface area contributed by atoms with Gasteiger partial charge in [-0.15, -0.1) is 0 Å². The lowest BCUT2D eigenvalue weighted by atomic mass is 10.2. The molecule has 116 valence electrons. The Morgan fingerprint density at radius 1 is 1.24 bits per heavy atom. The summed E-state index contributed by atoms with van der Waals surface area (Å²) >= 11 is 0. The number of sulfonamides is 1. The Kier molecular flexibility index (Phi) is 4.53. The summed E-state index contributed by atoms with van der Waals surface area (Å²) in [5, 5.41) is 8.81. The van der Waals surface area contributed by atoms with E-state index in [1.54, 1.807) is 24.3 Å². The second-order valence-electron chi connectivity index (χ2n) is 5.35. The Bertz CT molecular complexity index is 606. The minimum atomic E-state index is -3.43. The molecule has 0 aromatic heterocycles. The highest BCUT2D eigenvalue weighted by atomic mass is 32.2. The standard InChI is InChI=1S/C14H20N2O4S/c1-15(2)21(19,20)13-7-5-12(6-8-13)16(11-3-4-11)10-9-14(17)18/h5-8,11H,3-4,9-10H2,1-2H3,(H,17,18). The molecule has 1 fully saturated rings. The molecule has 1 aromatic rings. The van der Waals surface area contributed by atoms with Gasteiger partial charge in [0.1, 0.15) is 0 Å². The largest absolute Gasteiger partial charge is 0.481 e. The van der Waals surface area contributed by atoms with Crippen LogP contribution in [0.2, 0.25) is 0 Å². The van der Waals surface area contributed by atoms with Crippen molar-refractivity contribution in [3.8, 4) is 0 Å². The average Bonchev–Trinajstić information content (AvgIpc) is 3.23. The molecule has 0 heterocycles. The van der Waals surface area contributed by atoms with Crippen molar-refractivity contribution in [1.29, 1.82) is 0 Å². The number of carbonyl (C=O) groups is 1. The molecule has 21 heavy (non-hydrogen) atoms. The van der Waals surface area contributed by atoms with Gasteiger partial charge >= 0.3 is 5.97 Å². The van der Waals surface area contributed by atoms with Gasteiger partial charge in [0.2, 0.25) is 10.0 Å². The van der Waals surface area contributed by atoms with Gasteiger partial charge in [0.15, 0.2) is 0 Å². The van der Waals surface area contributed by atoms with E-state index >= 15 is 0 Å². The number of nitrogens with zero attached hydrogens (tertiary/aromatic N) is 2. The minimum absolute atomic E-state index is 0.0776. The zero-order valence-corrected chi connectivity index (χ0v) is 13.0. The zero-order chi connectivity index (χ0) is 15.6. The van der Waals surface area contributed by atoms with E-state index in [9.17, 15) is 13.2 Å². The van der Waals surface area contributed by atoms with Crippen molar-refractivity contribution in [3.05, 3.63) is 24.3 Å². The number of aliphatic carboxylic acids is 1. The number of carboxylic acids is 1. The molecule has 0 bridgehead atoms. The van der Waals surface area contributed by atoms with Crippen LogP contribution >= 0.6 is 0 Å². The second kappa shape index (κ2) is 6.03. The third kappa shape index (κ3) is 3.74. The maximum atomic E-state index is 12.0. The lowest BCUT2D eigenvalue weighted by molar-refractivity contribution is -0.136. The quantitative estimate of drug-likeness (QED) is 0.823. The molecule has 0 radical (unpaired) electrons. The van der Waals surface area contributed by atoms with E-state index in [-0.39, 0.29) is 11.3 Å². The highest BCUT2D eigenvalue weighted by Gasteiger charge is 2.29. The fraction of sp³-hybridized carbons (Fsp3) is 0.500. The van der Waals surface area contributed by atoms with Crippen molar-refractivity contribution < 1.29 is 18.3 Å². The summed E-state index contributed by atoms with van der Waals surface area (Å²) < 4.78 is 25.2. The highest BCUT2D eigenvalue weighted by Crippen LogP contribution is 2.32. The second-order valence-corrected chi connectivity index (χ2v) is 7.50. The Hall–Kier alpha value is -1.60. The van der Waals surface area contributed by atoms with Crippen molar-refractivity contribution >= 4 is 21.7 Å².